The highest BCUT2D eigenvalue weighted by molar-refractivity contribution is 5.96. The molecule has 0 fully saturated rings. The maximum Gasteiger partial charge on any atom is 0.265 e. The van der Waals surface area contributed by atoms with E-state index in [-0.39, 0.29) is 36.0 Å². The second-order valence-corrected chi connectivity index (χ2v) is 7.55. The summed E-state index contributed by atoms with van der Waals surface area (Å²) in [5.41, 5.74) is 1.98. The van der Waals surface area contributed by atoms with Crippen LogP contribution < -0.4 is 0 Å². The first-order valence-corrected chi connectivity index (χ1v) is 11.0. The van der Waals surface area contributed by atoms with Gasteiger partial charge in [-0.25, -0.2) is 0 Å². The predicted octanol–water partition coefficient (Wildman–Crippen LogP) is 5.75. The second-order valence-electron chi connectivity index (χ2n) is 7.55. The summed E-state index contributed by atoms with van der Waals surface area (Å²) >= 11 is 0. The Bertz CT molecular complexity index is 1340. The first kappa shape index (κ1) is 22.8. The average Bonchev–Trinajstić information content (AvgIpc) is 3.28. The predicted molar refractivity (Wildman–Crippen MR) is 127 cm³/mol. The van der Waals surface area contributed by atoms with E-state index in [4.69, 9.17) is 0 Å². The van der Waals surface area contributed by atoms with Crippen LogP contribution in [0.4, 0.5) is 11.4 Å². The molecule has 0 radical (unpaired) electrons. The largest absolute Gasteiger partial charge is 0.493 e. The van der Waals surface area contributed by atoms with Gasteiger partial charge >= 0.3 is 0 Å². The van der Waals surface area contributed by atoms with Crippen molar-refractivity contribution in [2.45, 2.75) is 39.8 Å². The number of nitrogens with zero attached hydrogens (tertiary/aromatic N) is 6. The standard InChI is InChI=1S/C24H24N6O4/c1-3-29-17-11-7-5-9-15(17)21(23(29)33)27-25-19(31)13-14-20(32)26-28-22-16-10-6-8-12-18(16)30(4-2)24(22)34/h5-12,33-34H,3-4,13-14H2,1-2H3. The number of amides is 2. The number of aromatic hydroxyl groups is 2. The molecule has 2 heterocycles. The number of benzene rings is 2. The lowest BCUT2D eigenvalue weighted by atomic mass is 10.2. The smallest absolute Gasteiger partial charge is 0.265 e. The van der Waals surface area contributed by atoms with Crippen LogP contribution in [-0.2, 0) is 22.7 Å². The van der Waals surface area contributed by atoms with Gasteiger partial charge in [-0.1, -0.05) is 36.4 Å². The number of aromatic nitrogens is 2. The minimum absolute atomic E-state index is 0.0730. The fourth-order valence-corrected chi connectivity index (χ4v) is 3.91. The van der Waals surface area contributed by atoms with Crippen LogP contribution in [0.1, 0.15) is 26.7 Å². The number of para-hydroxylation sites is 2. The molecule has 2 aromatic carbocycles. The SMILES string of the molecule is CCn1c(O)c(N=NC(=O)CCC(=O)N=Nc2c(O)n(CC)c3ccccc23)c2ccccc21. The molecule has 4 rings (SSSR count). The molecule has 0 spiro atoms. The summed E-state index contributed by atoms with van der Waals surface area (Å²) in [5.74, 6) is -1.39. The van der Waals surface area contributed by atoms with Crippen LogP contribution in [-0.4, -0.2) is 31.2 Å². The van der Waals surface area contributed by atoms with Gasteiger partial charge in [0.15, 0.2) is 11.4 Å². The van der Waals surface area contributed by atoms with Crippen molar-refractivity contribution >= 4 is 45.0 Å². The molecule has 4 aromatic rings. The van der Waals surface area contributed by atoms with E-state index < -0.39 is 11.8 Å². The number of azo groups is 2. The summed E-state index contributed by atoms with van der Waals surface area (Å²) in [5, 5.41) is 37.4. The third-order valence-electron chi connectivity index (χ3n) is 5.54. The fourth-order valence-electron chi connectivity index (χ4n) is 3.91. The van der Waals surface area contributed by atoms with Crippen LogP contribution in [0.5, 0.6) is 11.8 Å². The average molecular weight is 460 g/mol. The highest BCUT2D eigenvalue weighted by Crippen LogP contribution is 2.39. The molecule has 174 valence electrons. The Hall–Kier alpha value is -4.34. The Morgan fingerprint density at radius 1 is 0.706 bits per heavy atom. The Labute approximate surface area is 194 Å². The molecule has 10 heteroatoms. The summed E-state index contributed by atoms with van der Waals surface area (Å²) in [6.07, 6.45) is -0.422. The Kier molecular flexibility index (Phi) is 6.48. The first-order chi connectivity index (χ1) is 16.5. The van der Waals surface area contributed by atoms with Gasteiger partial charge in [0, 0.05) is 36.7 Å². The summed E-state index contributed by atoms with van der Waals surface area (Å²) in [4.78, 5) is 24.3. The van der Waals surface area contributed by atoms with E-state index in [1.54, 1.807) is 21.3 Å². The van der Waals surface area contributed by atoms with Crippen molar-refractivity contribution in [2.75, 3.05) is 0 Å². The molecule has 10 nitrogen and oxygen atoms in total. The number of rotatable bonds is 7. The number of aryl methyl sites for hydroxylation is 2. The van der Waals surface area contributed by atoms with E-state index in [1.165, 1.54) is 0 Å². The van der Waals surface area contributed by atoms with Gasteiger partial charge in [0.2, 0.25) is 11.8 Å². The molecule has 2 amide bonds. The molecule has 0 atom stereocenters. The maximum absolute atomic E-state index is 12.2. The van der Waals surface area contributed by atoms with E-state index in [2.05, 4.69) is 20.5 Å². The van der Waals surface area contributed by atoms with Crippen molar-refractivity contribution in [1.29, 1.82) is 0 Å². The molecular formula is C24H24N6O4. The Morgan fingerprint density at radius 3 is 1.47 bits per heavy atom. The maximum atomic E-state index is 12.2. The zero-order valence-electron chi connectivity index (χ0n) is 18.8. The van der Waals surface area contributed by atoms with Gasteiger partial charge in [-0.2, -0.15) is 0 Å². The van der Waals surface area contributed by atoms with Crippen LogP contribution in [0, 0.1) is 0 Å². The van der Waals surface area contributed by atoms with E-state index in [0.717, 1.165) is 11.0 Å². The van der Waals surface area contributed by atoms with Crippen molar-refractivity contribution in [1.82, 2.24) is 9.13 Å². The highest BCUT2D eigenvalue weighted by atomic mass is 16.3. The van der Waals surface area contributed by atoms with Gasteiger partial charge in [0.05, 0.1) is 11.0 Å². The minimum Gasteiger partial charge on any atom is -0.493 e. The zero-order valence-corrected chi connectivity index (χ0v) is 18.8. The van der Waals surface area contributed by atoms with Crippen molar-refractivity contribution in [2.24, 2.45) is 20.5 Å². The molecule has 0 aliphatic rings. The normalized spacial score (nSPS) is 11.9. The zero-order chi connectivity index (χ0) is 24.2. The molecule has 2 aromatic heterocycles. The fraction of sp³-hybridized carbons (Fsp3) is 0.250. The van der Waals surface area contributed by atoms with Gasteiger partial charge in [0.1, 0.15) is 0 Å². The Morgan fingerprint density at radius 2 is 1.09 bits per heavy atom. The molecule has 2 N–H and O–H groups in total. The second kappa shape index (κ2) is 9.65. The minimum atomic E-state index is -0.623. The molecule has 0 aliphatic carbocycles. The van der Waals surface area contributed by atoms with Crippen molar-refractivity contribution < 1.29 is 19.8 Å². The van der Waals surface area contributed by atoms with E-state index in [9.17, 15) is 19.8 Å². The van der Waals surface area contributed by atoms with Crippen molar-refractivity contribution in [3.05, 3.63) is 48.5 Å². The highest BCUT2D eigenvalue weighted by Gasteiger charge is 2.17. The quantitative estimate of drug-likeness (QED) is 0.340. The number of hydrogen-bond acceptors (Lipinski definition) is 6. The van der Waals surface area contributed by atoms with Gasteiger partial charge in [-0.3, -0.25) is 9.59 Å². The van der Waals surface area contributed by atoms with Crippen molar-refractivity contribution in [3.8, 4) is 11.8 Å². The lowest BCUT2D eigenvalue weighted by Gasteiger charge is -2.00. The first-order valence-electron chi connectivity index (χ1n) is 11.0. The molecule has 0 unspecified atom stereocenters. The van der Waals surface area contributed by atoms with E-state index >= 15 is 0 Å². The van der Waals surface area contributed by atoms with Crippen LogP contribution in [0.2, 0.25) is 0 Å². The monoisotopic (exact) mass is 460 g/mol. The lowest BCUT2D eigenvalue weighted by molar-refractivity contribution is -0.123. The van der Waals surface area contributed by atoms with Crippen LogP contribution in [0.3, 0.4) is 0 Å². The molecular weight excluding hydrogens is 436 g/mol. The topological polar surface area (TPSA) is 134 Å². The molecule has 0 aliphatic heterocycles. The van der Waals surface area contributed by atoms with Gasteiger partial charge in [-0.05, 0) is 26.0 Å². The van der Waals surface area contributed by atoms with Crippen LogP contribution in [0.15, 0.2) is 69.0 Å². The molecule has 0 saturated heterocycles. The van der Waals surface area contributed by atoms with Gasteiger partial charge in [0.25, 0.3) is 11.8 Å². The summed E-state index contributed by atoms with van der Waals surface area (Å²) in [6, 6.07) is 14.6. The van der Waals surface area contributed by atoms with E-state index in [0.29, 0.717) is 23.9 Å². The number of fused-ring (bicyclic) bond motifs is 2. The third-order valence-corrected chi connectivity index (χ3v) is 5.54. The summed E-state index contributed by atoms with van der Waals surface area (Å²) in [7, 11) is 0. The lowest BCUT2D eigenvalue weighted by Crippen LogP contribution is -1.98. The number of carbonyl (C=O) groups excluding carboxylic acids is 2. The van der Waals surface area contributed by atoms with Gasteiger partial charge < -0.3 is 19.3 Å². The summed E-state index contributed by atoms with van der Waals surface area (Å²) < 4.78 is 3.34. The molecule has 0 saturated carbocycles. The van der Waals surface area contributed by atoms with Crippen LogP contribution in [0.25, 0.3) is 21.8 Å². The van der Waals surface area contributed by atoms with E-state index in [1.807, 2.05) is 50.2 Å². The number of carbonyl (C=O) groups is 2. The van der Waals surface area contributed by atoms with Crippen LogP contribution >= 0.6 is 0 Å². The van der Waals surface area contributed by atoms with Gasteiger partial charge in [-0.15, -0.1) is 20.5 Å². The molecule has 0 bridgehead atoms. The third kappa shape index (κ3) is 4.17. The van der Waals surface area contributed by atoms with Crippen molar-refractivity contribution in [3.63, 3.8) is 0 Å². The number of hydrogen-bond donors (Lipinski definition) is 2. The molecule has 34 heavy (non-hydrogen) atoms. The Balaban J connectivity index is 1.43. The summed E-state index contributed by atoms with van der Waals surface area (Å²) in [6.45, 7) is 4.83.